The third-order valence-electron chi connectivity index (χ3n) is 3.62. The topological polar surface area (TPSA) is 95.7 Å². The first kappa shape index (κ1) is 17.9. The molecule has 0 bridgehead atoms. The van der Waals surface area contributed by atoms with Crippen LogP contribution >= 0.6 is 24.0 Å². The van der Waals surface area contributed by atoms with Crippen LogP contribution in [0, 0.1) is 10.1 Å². The van der Waals surface area contributed by atoms with Crippen molar-refractivity contribution in [3.05, 3.63) is 69.1 Å². The fourth-order valence-electron chi connectivity index (χ4n) is 2.26. The second kappa shape index (κ2) is 7.54. The Labute approximate surface area is 158 Å². The molecule has 3 rings (SSSR count). The predicted molar refractivity (Wildman–Crippen MR) is 105 cm³/mol. The molecule has 7 nitrogen and oxygen atoms in total. The second-order valence-electron chi connectivity index (χ2n) is 5.31. The van der Waals surface area contributed by atoms with Crippen LogP contribution in [0.3, 0.4) is 0 Å². The number of aromatic hydroxyl groups is 1. The van der Waals surface area contributed by atoms with Crippen molar-refractivity contribution in [1.29, 1.82) is 0 Å². The van der Waals surface area contributed by atoms with Crippen molar-refractivity contribution < 1.29 is 14.8 Å². The van der Waals surface area contributed by atoms with E-state index >= 15 is 0 Å². The molecule has 9 heteroatoms. The summed E-state index contributed by atoms with van der Waals surface area (Å²) in [5.74, 6) is -0.181. The Bertz CT molecular complexity index is 912. The minimum absolute atomic E-state index is 0.00763. The summed E-state index contributed by atoms with van der Waals surface area (Å²) in [5, 5.41) is 23.5. The van der Waals surface area contributed by atoms with Crippen LogP contribution in [-0.4, -0.2) is 31.8 Å². The lowest BCUT2D eigenvalue weighted by Crippen LogP contribution is -2.33. The van der Waals surface area contributed by atoms with Gasteiger partial charge in [0.25, 0.3) is 11.6 Å². The van der Waals surface area contributed by atoms with Gasteiger partial charge < -0.3 is 10.4 Å². The zero-order chi connectivity index (χ0) is 18.7. The molecule has 1 fully saturated rings. The van der Waals surface area contributed by atoms with E-state index in [4.69, 9.17) is 12.2 Å². The molecule has 1 heterocycles. The molecule has 2 aromatic carbocycles. The van der Waals surface area contributed by atoms with E-state index in [9.17, 15) is 20.0 Å². The maximum absolute atomic E-state index is 12.5. The van der Waals surface area contributed by atoms with Crippen molar-refractivity contribution in [2.75, 3.05) is 12.0 Å². The quantitative estimate of drug-likeness (QED) is 0.350. The maximum atomic E-state index is 12.5. The first-order valence-electron chi connectivity index (χ1n) is 7.47. The number of amides is 1. The van der Waals surface area contributed by atoms with Crippen molar-refractivity contribution in [1.82, 2.24) is 4.90 Å². The highest BCUT2D eigenvalue weighted by Crippen LogP contribution is 2.33. The molecule has 0 saturated carbocycles. The van der Waals surface area contributed by atoms with Crippen LogP contribution in [0.2, 0.25) is 0 Å². The van der Waals surface area contributed by atoms with Crippen LogP contribution in [0.25, 0.3) is 6.08 Å². The number of nitro benzene ring substituents is 1. The van der Waals surface area contributed by atoms with Crippen molar-refractivity contribution in [2.24, 2.45) is 0 Å². The SMILES string of the molecule is O=C1C(=Cc2ccccc2O)SC(=S)N1CNc1ccc([N+](=O)[O-])cc1. The fraction of sp³-hybridized carbons (Fsp3) is 0.0588. The number of non-ortho nitro benzene ring substituents is 1. The van der Waals surface area contributed by atoms with Gasteiger partial charge in [0.2, 0.25) is 0 Å². The Morgan fingerprint density at radius 2 is 1.92 bits per heavy atom. The summed E-state index contributed by atoms with van der Waals surface area (Å²) in [6.07, 6.45) is 1.60. The number of thioether (sulfide) groups is 1. The molecule has 0 aliphatic carbocycles. The predicted octanol–water partition coefficient (Wildman–Crippen LogP) is 3.57. The van der Waals surface area contributed by atoms with Crippen molar-refractivity contribution in [2.45, 2.75) is 0 Å². The van der Waals surface area contributed by atoms with Gasteiger partial charge in [-0.1, -0.05) is 42.2 Å². The molecule has 1 aliphatic heterocycles. The molecule has 1 aliphatic rings. The van der Waals surface area contributed by atoms with Gasteiger partial charge >= 0.3 is 0 Å². The lowest BCUT2D eigenvalue weighted by molar-refractivity contribution is -0.384. The smallest absolute Gasteiger partial charge is 0.269 e. The average Bonchev–Trinajstić information content (AvgIpc) is 2.89. The van der Waals surface area contributed by atoms with Gasteiger partial charge in [0.1, 0.15) is 10.1 Å². The number of phenolic OH excluding ortho intramolecular Hbond substituents is 1. The number of hydrogen-bond acceptors (Lipinski definition) is 7. The Morgan fingerprint density at radius 1 is 1.23 bits per heavy atom. The number of thiocarbonyl (C=S) groups is 1. The monoisotopic (exact) mass is 387 g/mol. The van der Waals surface area contributed by atoms with Crippen molar-refractivity contribution >= 4 is 51.7 Å². The van der Waals surface area contributed by atoms with Crippen LogP contribution < -0.4 is 5.32 Å². The highest BCUT2D eigenvalue weighted by Gasteiger charge is 2.31. The van der Waals surface area contributed by atoms with E-state index in [1.165, 1.54) is 17.0 Å². The zero-order valence-corrected chi connectivity index (χ0v) is 14.9. The summed E-state index contributed by atoms with van der Waals surface area (Å²) in [6, 6.07) is 12.6. The maximum Gasteiger partial charge on any atom is 0.269 e. The third-order valence-corrected chi connectivity index (χ3v) is 4.99. The number of nitrogens with one attached hydrogen (secondary N) is 1. The number of carbonyl (C=O) groups excluding carboxylic acids is 1. The Morgan fingerprint density at radius 3 is 2.58 bits per heavy atom. The van der Waals surface area contributed by atoms with E-state index in [0.717, 1.165) is 11.8 Å². The van der Waals surface area contributed by atoms with Gasteiger partial charge in [-0.15, -0.1) is 0 Å². The number of benzene rings is 2. The van der Waals surface area contributed by atoms with Crippen molar-refractivity contribution in [3.8, 4) is 5.75 Å². The molecule has 0 atom stereocenters. The third kappa shape index (κ3) is 3.84. The van der Waals surface area contributed by atoms with Crippen LogP contribution in [0.15, 0.2) is 53.4 Å². The molecular formula is C17H13N3O4S2. The zero-order valence-electron chi connectivity index (χ0n) is 13.3. The molecule has 0 unspecified atom stereocenters. The van der Waals surface area contributed by atoms with Crippen LogP contribution in [0.4, 0.5) is 11.4 Å². The van der Waals surface area contributed by atoms with E-state index in [1.54, 1.807) is 42.5 Å². The van der Waals surface area contributed by atoms with E-state index in [2.05, 4.69) is 5.32 Å². The van der Waals surface area contributed by atoms with Crippen LogP contribution in [-0.2, 0) is 4.79 Å². The molecule has 0 radical (unpaired) electrons. The number of rotatable bonds is 5. The van der Waals surface area contributed by atoms with Gasteiger partial charge in [-0.3, -0.25) is 19.8 Å². The average molecular weight is 387 g/mol. The minimum atomic E-state index is -0.477. The second-order valence-corrected chi connectivity index (χ2v) is 6.98. The van der Waals surface area contributed by atoms with Crippen LogP contribution in [0.1, 0.15) is 5.56 Å². The number of para-hydroxylation sites is 1. The first-order valence-corrected chi connectivity index (χ1v) is 8.70. The van der Waals surface area contributed by atoms with E-state index in [0.29, 0.717) is 20.5 Å². The number of phenols is 1. The number of hydrogen-bond donors (Lipinski definition) is 2. The molecule has 1 amide bonds. The fourth-order valence-corrected chi connectivity index (χ4v) is 3.50. The summed E-state index contributed by atoms with van der Waals surface area (Å²) in [4.78, 5) is 24.5. The van der Waals surface area contributed by atoms with E-state index < -0.39 is 4.92 Å². The molecule has 0 aromatic heterocycles. The summed E-state index contributed by atoms with van der Waals surface area (Å²) in [6.45, 7) is 0.139. The number of carbonyl (C=O) groups is 1. The molecule has 2 N–H and O–H groups in total. The largest absolute Gasteiger partial charge is 0.507 e. The Kier molecular flexibility index (Phi) is 5.19. The van der Waals surface area contributed by atoms with Crippen LogP contribution in [0.5, 0.6) is 5.75 Å². The van der Waals surface area contributed by atoms with E-state index in [1.807, 2.05) is 0 Å². The molecule has 132 valence electrons. The van der Waals surface area contributed by atoms with Crippen molar-refractivity contribution in [3.63, 3.8) is 0 Å². The highest BCUT2D eigenvalue weighted by atomic mass is 32.2. The molecular weight excluding hydrogens is 374 g/mol. The lowest BCUT2D eigenvalue weighted by Gasteiger charge is -2.16. The number of anilines is 1. The minimum Gasteiger partial charge on any atom is -0.507 e. The molecule has 2 aromatic rings. The Balaban J connectivity index is 1.69. The highest BCUT2D eigenvalue weighted by molar-refractivity contribution is 8.26. The first-order chi connectivity index (χ1) is 12.5. The van der Waals surface area contributed by atoms with Gasteiger partial charge in [-0.25, -0.2) is 0 Å². The van der Waals surface area contributed by atoms with E-state index in [-0.39, 0.29) is 24.0 Å². The molecule has 26 heavy (non-hydrogen) atoms. The van der Waals surface area contributed by atoms with Gasteiger partial charge in [0.05, 0.1) is 16.5 Å². The lowest BCUT2D eigenvalue weighted by atomic mass is 10.2. The number of nitrogens with zero attached hydrogens (tertiary/aromatic N) is 2. The summed E-state index contributed by atoms with van der Waals surface area (Å²) in [5.41, 5.74) is 1.16. The van der Waals surface area contributed by atoms with Gasteiger partial charge in [-0.05, 0) is 24.3 Å². The summed E-state index contributed by atoms with van der Waals surface area (Å²) < 4.78 is 0.395. The van der Waals surface area contributed by atoms with Gasteiger partial charge in [0.15, 0.2) is 0 Å². The normalized spacial score (nSPS) is 15.5. The Hall–Kier alpha value is -2.91. The molecule has 0 spiro atoms. The summed E-state index contributed by atoms with van der Waals surface area (Å²) >= 11 is 6.40. The van der Waals surface area contributed by atoms with Gasteiger partial charge in [-0.2, -0.15) is 0 Å². The molecule has 1 saturated heterocycles. The number of nitro groups is 1. The van der Waals surface area contributed by atoms with Gasteiger partial charge in [0, 0.05) is 23.4 Å². The summed E-state index contributed by atoms with van der Waals surface area (Å²) in [7, 11) is 0. The standard InChI is InChI=1S/C17H13N3O4S2/c21-14-4-2-1-3-11(14)9-15-16(22)19(17(25)26-15)10-18-12-5-7-13(8-6-12)20(23)24/h1-9,18,21H,10H2.